The lowest BCUT2D eigenvalue weighted by Gasteiger charge is -2.16. The van der Waals surface area contributed by atoms with Crippen LogP contribution in [-0.4, -0.2) is 37.8 Å². The third-order valence-electron chi connectivity index (χ3n) is 2.92. The van der Waals surface area contributed by atoms with Gasteiger partial charge in [-0.25, -0.2) is 18.2 Å². The molecule has 0 saturated heterocycles. The number of thiazole rings is 1. The highest BCUT2D eigenvalue weighted by molar-refractivity contribution is 7.91. The second-order valence-electron chi connectivity index (χ2n) is 4.24. The maximum atomic E-state index is 12.5. The number of carbonyl (C=O) groups is 1. The van der Waals surface area contributed by atoms with Crippen LogP contribution in [0.3, 0.4) is 0 Å². The van der Waals surface area contributed by atoms with Gasteiger partial charge >= 0.3 is 5.97 Å². The van der Waals surface area contributed by atoms with Gasteiger partial charge in [-0.1, -0.05) is 0 Å². The molecule has 0 amide bonds. The Morgan fingerprint density at radius 1 is 1.52 bits per heavy atom. The van der Waals surface area contributed by atoms with Crippen LogP contribution in [0.1, 0.15) is 21.8 Å². The summed E-state index contributed by atoms with van der Waals surface area (Å²) >= 11 is 0.880. The SMILES string of the molecule is COC(=O)c1ncsc1S(=O)(=O)N(C)Cc1ccoc1C. The zero-order valence-electron chi connectivity index (χ0n) is 11.7. The van der Waals surface area contributed by atoms with Crippen LogP contribution in [0.4, 0.5) is 0 Å². The highest BCUT2D eigenvalue weighted by Gasteiger charge is 2.30. The first kappa shape index (κ1) is 15.7. The number of esters is 1. The van der Waals surface area contributed by atoms with E-state index in [1.807, 2.05) is 0 Å². The lowest BCUT2D eigenvalue weighted by atomic mass is 10.3. The summed E-state index contributed by atoms with van der Waals surface area (Å²) in [4.78, 5) is 15.3. The average molecular weight is 330 g/mol. The minimum Gasteiger partial charge on any atom is -0.469 e. The molecule has 0 N–H and O–H groups in total. The van der Waals surface area contributed by atoms with Crippen molar-refractivity contribution in [3.63, 3.8) is 0 Å². The van der Waals surface area contributed by atoms with E-state index in [9.17, 15) is 13.2 Å². The molecule has 0 bridgehead atoms. The molecule has 0 unspecified atom stereocenters. The van der Waals surface area contributed by atoms with E-state index in [1.54, 1.807) is 13.0 Å². The second kappa shape index (κ2) is 5.96. The third-order valence-corrected chi connectivity index (χ3v) is 6.07. The summed E-state index contributed by atoms with van der Waals surface area (Å²) in [5.74, 6) is -0.128. The number of sulfonamides is 1. The molecule has 0 aliphatic rings. The zero-order chi connectivity index (χ0) is 15.6. The van der Waals surface area contributed by atoms with Crippen molar-refractivity contribution in [2.24, 2.45) is 0 Å². The van der Waals surface area contributed by atoms with Gasteiger partial charge in [0.05, 0.1) is 18.9 Å². The number of methoxy groups -OCH3 is 1. The summed E-state index contributed by atoms with van der Waals surface area (Å²) in [6, 6.07) is 1.70. The first-order valence-electron chi connectivity index (χ1n) is 5.89. The Balaban J connectivity index is 2.32. The predicted molar refractivity (Wildman–Crippen MR) is 75.6 cm³/mol. The fourth-order valence-electron chi connectivity index (χ4n) is 1.69. The number of furan rings is 1. The molecule has 0 atom stereocenters. The van der Waals surface area contributed by atoms with E-state index in [0.717, 1.165) is 21.2 Å². The second-order valence-corrected chi connectivity index (χ2v) is 7.34. The highest BCUT2D eigenvalue weighted by Crippen LogP contribution is 2.25. The maximum Gasteiger partial charge on any atom is 0.358 e. The number of ether oxygens (including phenoxy) is 1. The van der Waals surface area contributed by atoms with Gasteiger partial charge in [0, 0.05) is 19.2 Å². The Hall–Kier alpha value is -1.71. The first-order valence-corrected chi connectivity index (χ1v) is 8.21. The normalized spacial score (nSPS) is 11.8. The molecule has 7 nitrogen and oxygen atoms in total. The fourth-order valence-corrected chi connectivity index (χ4v) is 4.16. The van der Waals surface area contributed by atoms with Crippen LogP contribution >= 0.6 is 11.3 Å². The van der Waals surface area contributed by atoms with Gasteiger partial charge in [0.2, 0.25) is 0 Å². The van der Waals surface area contributed by atoms with E-state index in [1.165, 1.54) is 25.9 Å². The number of hydrogen-bond donors (Lipinski definition) is 0. The van der Waals surface area contributed by atoms with Gasteiger partial charge in [-0.3, -0.25) is 0 Å². The van der Waals surface area contributed by atoms with E-state index in [-0.39, 0.29) is 16.4 Å². The Kier molecular flexibility index (Phi) is 4.45. The third kappa shape index (κ3) is 2.99. The molecule has 2 aromatic rings. The molecule has 9 heteroatoms. The quantitative estimate of drug-likeness (QED) is 0.774. The highest BCUT2D eigenvalue weighted by atomic mass is 32.2. The van der Waals surface area contributed by atoms with Crippen molar-refractivity contribution in [3.05, 3.63) is 34.9 Å². The molecular formula is C12H14N2O5S2. The Labute approximate surface area is 126 Å². The van der Waals surface area contributed by atoms with Gasteiger partial charge in [-0.2, -0.15) is 4.31 Å². The van der Waals surface area contributed by atoms with E-state index in [0.29, 0.717) is 5.76 Å². The van der Waals surface area contributed by atoms with Crippen LogP contribution < -0.4 is 0 Å². The van der Waals surface area contributed by atoms with Gasteiger partial charge in [-0.05, 0) is 13.0 Å². The average Bonchev–Trinajstić information content (AvgIpc) is 3.08. The molecule has 0 saturated carbocycles. The van der Waals surface area contributed by atoms with Gasteiger partial charge in [0.15, 0.2) is 9.90 Å². The van der Waals surface area contributed by atoms with Crippen molar-refractivity contribution in [3.8, 4) is 0 Å². The monoisotopic (exact) mass is 330 g/mol. The predicted octanol–water partition coefficient (Wildman–Crippen LogP) is 1.65. The van der Waals surface area contributed by atoms with Crippen LogP contribution in [0.25, 0.3) is 0 Å². The largest absolute Gasteiger partial charge is 0.469 e. The number of carbonyl (C=O) groups excluding carboxylic acids is 1. The van der Waals surface area contributed by atoms with Crippen LogP contribution in [0.2, 0.25) is 0 Å². The standard InChI is InChI=1S/C12H14N2O5S2/c1-8-9(4-5-19-8)6-14(2)21(16,17)12-10(11(15)18-3)13-7-20-12/h4-5,7H,6H2,1-3H3. The van der Waals surface area contributed by atoms with Crippen LogP contribution in [0, 0.1) is 6.92 Å². The summed E-state index contributed by atoms with van der Waals surface area (Å²) in [5, 5.41) is 0. The maximum absolute atomic E-state index is 12.5. The summed E-state index contributed by atoms with van der Waals surface area (Å²) in [7, 11) is -1.22. The molecule has 0 aromatic carbocycles. The van der Waals surface area contributed by atoms with Crippen molar-refractivity contribution < 1.29 is 22.4 Å². The van der Waals surface area contributed by atoms with Gasteiger partial charge in [0.1, 0.15) is 5.76 Å². The topological polar surface area (TPSA) is 89.7 Å². The molecule has 0 spiro atoms. The molecular weight excluding hydrogens is 316 g/mol. The summed E-state index contributed by atoms with van der Waals surface area (Å²) < 4.78 is 35.8. The molecule has 21 heavy (non-hydrogen) atoms. The van der Waals surface area contributed by atoms with E-state index >= 15 is 0 Å². The lowest BCUT2D eigenvalue weighted by Crippen LogP contribution is -2.27. The van der Waals surface area contributed by atoms with E-state index in [2.05, 4.69) is 9.72 Å². The van der Waals surface area contributed by atoms with Crippen LogP contribution in [0.15, 0.2) is 26.5 Å². The number of hydrogen-bond acceptors (Lipinski definition) is 7. The fraction of sp³-hybridized carbons (Fsp3) is 0.333. The van der Waals surface area contributed by atoms with E-state index in [4.69, 9.17) is 4.42 Å². The molecule has 0 radical (unpaired) electrons. The van der Waals surface area contributed by atoms with Crippen LogP contribution in [0.5, 0.6) is 0 Å². The molecule has 2 heterocycles. The molecule has 114 valence electrons. The number of nitrogens with zero attached hydrogens (tertiary/aromatic N) is 2. The minimum absolute atomic E-state index is 0.127. The number of rotatable bonds is 5. The zero-order valence-corrected chi connectivity index (χ0v) is 13.3. The van der Waals surface area contributed by atoms with Crippen molar-refractivity contribution in [1.82, 2.24) is 9.29 Å². The summed E-state index contributed by atoms with van der Waals surface area (Å²) in [5.41, 5.74) is 1.86. The molecule has 0 fully saturated rings. The van der Waals surface area contributed by atoms with Gasteiger partial charge in [0.25, 0.3) is 10.0 Å². The number of aryl methyl sites for hydroxylation is 1. The summed E-state index contributed by atoms with van der Waals surface area (Å²) in [6.45, 7) is 1.89. The molecule has 2 rings (SSSR count). The van der Waals surface area contributed by atoms with Crippen molar-refractivity contribution in [2.45, 2.75) is 17.7 Å². The summed E-state index contributed by atoms with van der Waals surface area (Å²) in [6.07, 6.45) is 1.50. The van der Waals surface area contributed by atoms with Crippen molar-refractivity contribution in [1.29, 1.82) is 0 Å². The van der Waals surface area contributed by atoms with Crippen molar-refractivity contribution >= 4 is 27.3 Å². The molecule has 0 aliphatic carbocycles. The Morgan fingerprint density at radius 2 is 2.24 bits per heavy atom. The Morgan fingerprint density at radius 3 is 2.81 bits per heavy atom. The van der Waals surface area contributed by atoms with Gasteiger partial charge in [-0.15, -0.1) is 11.3 Å². The van der Waals surface area contributed by atoms with E-state index < -0.39 is 16.0 Å². The first-order chi connectivity index (χ1) is 9.87. The lowest BCUT2D eigenvalue weighted by molar-refractivity contribution is 0.0590. The van der Waals surface area contributed by atoms with Crippen molar-refractivity contribution in [2.75, 3.05) is 14.2 Å². The smallest absolute Gasteiger partial charge is 0.358 e. The molecule has 0 aliphatic heterocycles. The van der Waals surface area contributed by atoms with Crippen LogP contribution in [-0.2, 0) is 21.3 Å². The number of aromatic nitrogens is 1. The molecule has 2 aromatic heterocycles. The van der Waals surface area contributed by atoms with Gasteiger partial charge < -0.3 is 9.15 Å². The minimum atomic E-state index is -3.83. The Bertz CT molecular complexity index is 747.